The van der Waals surface area contributed by atoms with Gasteiger partial charge < -0.3 is 28.7 Å². The molecule has 0 aliphatic rings. The van der Waals surface area contributed by atoms with E-state index in [1.165, 1.54) is 27.4 Å². The molecule has 0 unspecified atom stereocenters. The number of nitrogens with one attached hydrogen (secondary N) is 1. The molecule has 0 aliphatic carbocycles. The lowest BCUT2D eigenvalue weighted by Gasteiger charge is -2.11. The third-order valence-electron chi connectivity index (χ3n) is 5.38. The Bertz CT molecular complexity index is 1500. The zero-order valence-electron chi connectivity index (χ0n) is 20.0. The molecule has 4 aromatic rings. The number of thiophene rings is 1. The van der Waals surface area contributed by atoms with Crippen LogP contribution in [-0.2, 0) is 4.74 Å². The number of methoxy groups -OCH3 is 3. The minimum atomic E-state index is -0.806. The van der Waals surface area contributed by atoms with Crippen molar-refractivity contribution in [1.82, 2.24) is 0 Å². The topological polar surface area (TPSA) is 113 Å². The minimum Gasteiger partial charge on any atom is -0.497 e. The molecule has 0 bridgehead atoms. The van der Waals surface area contributed by atoms with Gasteiger partial charge in [-0.25, -0.2) is 9.59 Å². The lowest BCUT2D eigenvalue weighted by Crippen LogP contribution is -2.21. The molecule has 2 aromatic heterocycles. The maximum Gasteiger partial charge on any atom is 0.349 e. The first kappa shape index (κ1) is 24.8. The Kier molecular flexibility index (Phi) is 7.25. The first-order valence-corrected chi connectivity index (χ1v) is 11.7. The zero-order valence-corrected chi connectivity index (χ0v) is 20.8. The second-order valence-electron chi connectivity index (χ2n) is 7.45. The van der Waals surface area contributed by atoms with Crippen molar-refractivity contribution in [3.63, 3.8) is 0 Å². The number of rotatable bonds is 8. The summed E-state index contributed by atoms with van der Waals surface area (Å²) in [5.41, 5.74) is 0.645. The number of benzene rings is 2. The lowest BCUT2D eigenvalue weighted by molar-refractivity contribution is 0.0529. The van der Waals surface area contributed by atoms with Crippen molar-refractivity contribution >= 4 is 39.2 Å². The van der Waals surface area contributed by atoms with E-state index in [0.29, 0.717) is 39.3 Å². The third-order valence-corrected chi connectivity index (χ3v) is 6.27. The average molecular weight is 510 g/mol. The molecule has 0 fully saturated rings. The number of carbonyl (C=O) groups excluding carboxylic acids is 2. The first-order valence-electron chi connectivity index (χ1n) is 10.8. The molecule has 0 aliphatic heterocycles. The largest absolute Gasteiger partial charge is 0.497 e. The summed E-state index contributed by atoms with van der Waals surface area (Å²) in [6.07, 6.45) is 0. The maximum absolute atomic E-state index is 13.1. The Morgan fingerprint density at radius 1 is 0.972 bits per heavy atom. The quantitative estimate of drug-likeness (QED) is 0.261. The molecule has 186 valence electrons. The number of ether oxygens (including phenoxy) is 4. The van der Waals surface area contributed by atoms with Crippen molar-refractivity contribution in [2.45, 2.75) is 6.92 Å². The highest BCUT2D eigenvalue weighted by atomic mass is 32.1. The van der Waals surface area contributed by atoms with E-state index < -0.39 is 17.5 Å². The fourth-order valence-corrected chi connectivity index (χ4v) is 4.58. The predicted molar refractivity (Wildman–Crippen MR) is 136 cm³/mol. The molecule has 9 nitrogen and oxygen atoms in total. The highest BCUT2D eigenvalue weighted by molar-refractivity contribution is 7.15. The summed E-state index contributed by atoms with van der Waals surface area (Å²) < 4.78 is 26.4. The summed E-state index contributed by atoms with van der Waals surface area (Å²) in [6.45, 7) is 1.83. The van der Waals surface area contributed by atoms with Gasteiger partial charge in [-0.3, -0.25) is 4.79 Å². The molecule has 0 atom stereocenters. The molecule has 36 heavy (non-hydrogen) atoms. The smallest absolute Gasteiger partial charge is 0.349 e. The highest BCUT2D eigenvalue weighted by Crippen LogP contribution is 2.39. The number of hydrogen-bond acceptors (Lipinski definition) is 9. The summed E-state index contributed by atoms with van der Waals surface area (Å²) in [4.78, 5) is 38.5. The van der Waals surface area contributed by atoms with Gasteiger partial charge in [0.05, 0.1) is 27.9 Å². The SMILES string of the molecule is CCOC(=O)c1c(-c2ccc(OC)c(OC)c2)csc1NC(=O)c1cc2cc(OC)ccc2oc1=O. The Balaban J connectivity index is 1.75. The highest BCUT2D eigenvalue weighted by Gasteiger charge is 2.25. The molecule has 2 heterocycles. The van der Waals surface area contributed by atoms with Crippen molar-refractivity contribution in [3.8, 4) is 28.4 Å². The van der Waals surface area contributed by atoms with Gasteiger partial charge in [0.25, 0.3) is 5.91 Å². The zero-order chi connectivity index (χ0) is 25.8. The summed E-state index contributed by atoms with van der Waals surface area (Å²) in [6, 6.07) is 11.5. The van der Waals surface area contributed by atoms with E-state index >= 15 is 0 Å². The van der Waals surface area contributed by atoms with Gasteiger partial charge in [0.1, 0.15) is 27.5 Å². The van der Waals surface area contributed by atoms with Gasteiger partial charge in [-0.05, 0) is 48.9 Å². The van der Waals surface area contributed by atoms with Crippen molar-refractivity contribution < 1.29 is 33.0 Å². The number of anilines is 1. The van der Waals surface area contributed by atoms with E-state index in [9.17, 15) is 14.4 Å². The van der Waals surface area contributed by atoms with Crippen molar-refractivity contribution in [1.29, 1.82) is 0 Å². The van der Waals surface area contributed by atoms with Crippen molar-refractivity contribution in [2.24, 2.45) is 0 Å². The standard InChI is InChI=1S/C26H23NO8S/c1-5-34-26(30)22-18(14-6-8-20(32-3)21(12-14)33-4)13-36-24(22)27-23(28)17-11-15-10-16(31-2)7-9-19(15)35-25(17)29/h6-13H,5H2,1-4H3,(H,27,28). The molecular formula is C26H23NO8S. The second-order valence-corrected chi connectivity index (χ2v) is 8.33. The number of carbonyl (C=O) groups is 2. The average Bonchev–Trinajstić information content (AvgIpc) is 3.31. The van der Waals surface area contributed by atoms with E-state index in [2.05, 4.69) is 5.32 Å². The van der Waals surface area contributed by atoms with Crippen LogP contribution in [0.4, 0.5) is 5.00 Å². The van der Waals surface area contributed by atoms with Crippen molar-refractivity contribution in [3.05, 3.63) is 69.4 Å². The van der Waals surface area contributed by atoms with E-state index in [0.717, 1.165) is 11.3 Å². The lowest BCUT2D eigenvalue weighted by atomic mass is 10.0. The van der Waals surface area contributed by atoms with E-state index in [4.69, 9.17) is 23.4 Å². The van der Waals surface area contributed by atoms with Crippen LogP contribution in [0.25, 0.3) is 22.1 Å². The first-order chi connectivity index (χ1) is 17.4. The van der Waals surface area contributed by atoms with Crippen LogP contribution in [0.5, 0.6) is 17.2 Å². The maximum atomic E-state index is 13.1. The number of hydrogen-bond donors (Lipinski definition) is 1. The molecule has 4 rings (SSSR count). The van der Waals surface area contributed by atoms with Gasteiger partial charge in [-0.1, -0.05) is 6.07 Å². The fourth-order valence-electron chi connectivity index (χ4n) is 3.63. The molecule has 0 saturated carbocycles. The molecule has 10 heteroatoms. The summed E-state index contributed by atoms with van der Waals surface area (Å²) in [5, 5.41) is 5.14. The summed E-state index contributed by atoms with van der Waals surface area (Å²) >= 11 is 1.13. The van der Waals surface area contributed by atoms with Crippen molar-refractivity contribution in [2.75, 3.05) is 33.3 Å². The molecular weight excluding hydrogens is 486 g/mol. The van der Waals surface area contributed by atoms with Gasteiger partial charge >= 0.3 is 11.6 Å². The summed E-state index contributed by atoms with van der Waals surface area (Å²) in [7, 11) is 4.55. The van der Waals surface area contributed by atoms with E-state index in [1.807, 2.05) is 0 Å². The Labute approximate surface area is 210 Å². The fraction of sp³-hybridized carbons (Fsp3) is 0.192. The van der Waals surface area contributed by atoms with E-state index in [1.54, 1.807) is 48.7 Å². The van der Waals surface area contributed by atoms with Crippen LogP contribution in [0.15, 0.2) is 57.1 Å². The van der Waals surface area contributed by atoms with Crippen LogP contribution in [0, 0.1) is 0 Å². The van der Waals surface area contributed by atoms with Crippen LogP contribution >= 0.6 is 11.3 Å². The minimum absolute atomic E-state index is 0.142. The van der Waals surface area contributed by atoms with E-state index in [-0.39, 0.29) is 22.7 Å². The summed E-state index contributed by atoms with van der Waals surface area (Å²) in [5.74, 6) is 0.215. The third kappa shape index (κ3) is 4.76. The Morgan fingerprint density at radius 3 is 2.44 bits per heavy atom. The van der Waals surface area contributed by atoms with Crippen LogP contribution < -0.4 is 25.2 Å². The van der Waals surface area contributed by atoms with Crippen LogP contribution in [0.2, 0.25) is 0 Å². The molecule has 1 amide bonds. The Morgan fingerprint density at radius 2 is 1.75 bits per heavy atom. The number of amides is 1. The Hall–Kier alpha value is -4.31. The molecule has 0 radical (unpaired) electrons. The molecule has 0 saturated heterocycles. The van der Waals surface area contributed by atoms with Gasteiger partial charge in [0.15, 0.2) is 11.5 Å². The normalized spacial score (nSPS) is 10.7. The number of esters is 1. The van der Waals surface area contributed by atoms with Crippen LogP contribution in [-0.4, -0.2) is 39.8 Å². The molecule has 0 spiro atoms. The van der Waals surface area contributed by atoms with Gasteiger partial charge in [-0.2, -0.15) is 0 Å². The predicted octanol–water partition coefficient (Wildman–Crippen LogP) is 4.98. The van der Waals surface area contributed by atoms with Crippen LogP contribution in [0.1, 0.15) is 27.6 Å². The van der Waals surface area contributed by atoms with Gasteiger partial charge in [-0.15, -0.1) is 11.3 Å². The van der Waals surface area contributed by atoms with Gasteiger partial charge in [0.2, 0.25) is 0 Å². The second kappa shape index (κ2) is 10.5. The number of fused-ring (bicyclic) bond motifs is 1. The van der Waals surface area contributed by atoms with Gasteiger partial charge in [0, 0.05) is 16.3 Å². The molecule has 2 aromatic carbocycles. The monoisotopic (exact) mass is 509 g/mol. The molecule has 1 N–H and O–H groups in total. The van der Waals surface area contributed by atoms with Crippen LogP contribution in [0.3, 0.4) is 0 Å².